The molecule has 0 aliphatic heterocycles. The van der Waals surface area contributed by atoms with Crippen molar-refractivity contribution in [1.29, 1.82) is 0 Å². The van der Waals surface area contributed by atoms with Crippen LogP contribution in [0.5, 0.6) is 0 Å². The van der Waals surface area contributed by atoms with Crippen molar-refractivity contribution >= 4 is 33.5 Å². The Labute approximate surface area is 168 Å². The normalized spacial score (nSPS) is 11.3. The van der Waals surface area contributed by atoms with E-state index in [1.165, 1.54) is 0 Å². The maximum Gasteiger partial charge on any atom is 0.226 e. The van der Waals surface area contributed by atoms with Crippen LogP contribution in [0.1, 0.15) is 24.7 Å². The molecule has 0 radical (unpaired) electrons. The molecule has 8 nitrogen and oxygen atoms in total. The van der Waals surface area contributed by atoms with Gasteiger partial charge in [-0.25, -0.2) is 0 Å². The van der Waals surface area contributed by atoms with E-state index in [-0.39, 0.29) is 5.91 Å². The summed E-state index contributed by atoms with van der Waals surface area (Å²) in [4.78, 5) is 16.3. The van der Waals surface area contributed by atoms with Crippen molar-refractivity contribution in [2.75, 3.05) is 25.5 Å². The molecule has 0 saturated carbocycles. The Morgan fingerprint density at radius 3 is 2.81 bits per heavy atom. The van der Waals surface area contributed by atoms with E-state index in [0.717, 1.165) is 34.5 Å². The van der Waals surface area contributed by atoms with Crippen LogP contribution in [0, 0.1) is 6.92 Å². The Balaban J connectivity index is 1.71. The molecule has 0 fully saturated rings. The van der Waals surface area contributed by atoms with Gasteiger partial charge in [0.05, 0.1) is 0 Å². The summed E-state index contributed by atoms with van der Waals surface area (Å²) in [7, 11) is 1.70. The van der Waals surface area contributed by atoms with Gasteiger partial charge in [-0.15, -0.1) is 10.2 Å². The Hall–Kier alpha value is -2.42. The summed E-state index contributed by atoms with van der Waals surface area (Å²) in [6, 6.07) is 5.81. The zero-order valence-corrected chi connectivity index (χ0v) is 17.5. The van der Waals surface area contributed by atoms with Crippen molar-refractivity contribution in [2.45, 2.75) is 33.2 Å². The molecular weight excluding hydrogens is 410 g/mol. The molecule has 0 aliphatic carbocycles. The molecule has 27 heavy (non-hydrogen) atoms. The Bertz CT molecular complexity index is 788. The monoisotopic (exact) mass is 435 g/mol. The Kier molecular flexibility index (Phi) is 8.25. The summed E-state index contributed by atoms with van der Waals surface area (Å²) >= 11 is 3.42. The molecule has 2 aromatic rings. The molecule has 0 atom stereocenters. The SMILES string of the molecule is CCc1nncn1CCNC(=NC)NCCC(=O)Nc1cc(Br)ccc1C. The smallest absolute Gasteiger partial charge is 0.226 e. The van der Waals surface area contributed by atoms with Gasteiger partial charge < -0.3 is 20.5 Å². The first-order valence-corrected chi connectivity index (χ1v) is 9.70. The lowest BCUT2D eigenvalue weighted by molar-refractivity contribution is -0.116. The first-order chi connectivity index (χ1) is 13.0. The molecular formula is C18H26BrN7O. The fourth-order valence-electron chi connectivity index (χ4n) is 2.49. The second-order valence-corrected chi connectivity index (χ2v) is 6.89. The van der Waals surface area contributed by atoms with Crippen LogP contribution in [0.3, 0.4) is 0 Å². The summed E-state index contributed by atoms with van der Waals surface area (Å²) < 4.78 is 2.94. The third-order valence-corrected chi connectivity index (χ3v) is 4.49. The zero-order chi connectivity index (χ0) is 19.6. The summed E-state index contributed by atoms with van der Waals surface area (Å²) in [6.07, 6.45) is 2.92. The number of aliphatic imine (C=N–C) groups is 1. The van der Waals surface area contributed by atoms with E-state index in [1.54, 1.807) is 13.4 Å². The average Bonchev–Trinajstić information content (AvgIpc) is 3.11. The summed E-state index contributed by atoms with van der Waals surface area (Å²) in [5.41, 5.74) is 1.84. The van der Waals surface area contributed by atoms with Crippen molar-refractivity contribution < 1.29 is 4.79 Å². The molecule has 3 N–H and O–H groups in total. The molecule has 9 heteroatoms. The van der Waals surface area contributed by atoms with Crippen molar-refractivity contribution in [1.82, 2.24) is 25.4 Å². The van der Waals surface area contributed by atoms with Gasteiger partial charge in [-0.2, -0.15) is 0 Å². The van der Waals surface area contributed by atoms with E-state index in [4.69, 9.17) is 0 Å². The molecule has 1 heterocycles. The molecule has 1 aromatic heterocycles. The van der Waals surface area contributed by atoms with Crippen molar-refractivity contribution in [2.24, 2.45) is 4.99 Å². The summed E-state index contributed by atoms with van der Waals surface area (Å²) in [5.74, 6) is 1.57. The lowest BCUT2D eigenvalue weighted by Gasteiger charge is -2.13. The van der Waals surface area contributed by atoms with Gasteiger partial charge in [0.1, 0.15) is 12.2 Å². The highest BCUT2D eigenvalue weighted by Crippen LogP contribution is 2.20. The number of aryl methyl sites for hydroxylation is 2. The number of amides is 1. The molecule has 1 amide bonds. The molecule has 0 unspecified atom stereocenters. The van der Waals surface area contributed by atoms with Gasteiger partial charge in [-0.1, -0.05) is 28.9 Å². The van der Waals surface area contributed by atoms with E-state index in [0.29, 0.717) is 25.5 Å². The second-order valence-electron chi connectivity index (χ2n) is 5.98. The first-order valence-electron chi connectivity index (χ1n) is 8.90. The van der Waals surface area contributed by atoms with E-state index < -0.39 is 0 Å². The minimum Gasteiger partial charge on any atom is -0.356 e. The van der Waals surface area contributed by atoms with E-state index in [9.17, 15) is 4.79 Å². The van der Waals surface area contributed by atoms with Crippen LogP contribution in [0.25, 0.3) is 0 Å². The van der Waals surface area contributed by atoms with Gasteiger partial charge in [-0.05, 0) is 24.6 Å². The quantitative estimate of drug-likeness (QED) is 0.435. The average molecular weight is 436 g/mol. The number of guanidine groups is 1. The lowest BCUT2D eigenvalue weighted by Crippen LogP contribution is -2.40. The van der Waals surface area contributed by atoms with Gasteiger partial charge in [0.15, 0.2) is 5.96 Å². The maximum atomic E-state index is 12.1. The molecule has 146 valence electrons. The van der Waals surface area contributed by atoms with Crippen LogP contribution in [-0.2, 0) is 17.8 Å². The van der Waals surface area contributed by atoms with Crippen molar-refractivity contribution in [3.05, 3.63) is 40.4 Å². The molecule has 0 spiro atoms. The van der Waals surface area contributed by atoms with Crippen LogP contribution < -0.4 is 16.0 Å². The van der Waals surface area contributed by atoms with Crippen LogP contribution in [-0.4, -0.2) is 46.8 Å². The fourth-order valence-corrected chi connectivity index (χ4v) is 2.85. The number of aromatic nitrogens is 3. The minimum absolute atomic E-state index is 0.0452. The highest BCUT2D eigenvalue weighted by molar-refractivity contribution is 9.10. The predicted molar refractivity (Wildman–Crippen MR) is 111 cm³/mol. The summed E-state index contributed by atoms with van der Waals surface area (Å²) in [6.45, 7) is 5.94. The second kappa shape index (κ2) is 10.7. The third kappa shape index (κ3) is 6.67. The lowest BCUT2D eigenvalue weighted by atomic mass is 10.2. The van der Waals surface area contributed by atoms with Gasteiger partial charge >= 0.3 is 0 Å². The number of anilines is 1. The molecule has 0 aliphatic rings. The van der Waals surface area contributed by atoms with E-state index in [1.807, 2.05) is 29.7 Å². The number of hydrogen-bond acceptors (Lipinski definition) is 4. The highest BCUT2D eigenvalue weighted by atomic mass is 79.9. The number of carbonyl (C=O) groups is 1. The van der Waals surface area contributed by atoms with E-state index in [2.05, 4.69) is 54.0 Å². The number of nitrogens with one attached hydrogen (secondary N) is 3. The highest BCUT2D eigenvalue weighted by Gasteiger charge is 2.06. The molecule has 2 rings (SSSR count). The molecule has 0 saturated heterocycles. The van der Waals surface area contributed by atoms with Gasteiger partial charge in [0.2, 0.25) is 5.91 Å². The first kappa shape index (κ1) is 20.9. The molecule has 0 bridgehead atoms. The minimum atomic E-state index is -0.0452. The van der Waals surface area contributed by atoms with Crippen LogP contribution >= 0.6 is 15.9 Å². The summed E-state index contributed by atoms with van der Waals surface area (Å²) in [5, 5.41) is 17.3. The van der Waals surface area contributed by atoms with E-state index >= 15 is 0 Å². The third-order valence-electron chi connectivity index (χ3n) is 4.00. The van der Waals surface area contributed by atoms with Gasteiger partial charge in [0.25, 0.3) is 0 Å². The van der Waals surface area contributed by atoms with Gasteiger partial charge in [0, 0.05) is 49.7 Å². The largest absolute Gasteiger partial charge is 0.356 e. The number of carbonyl (C=O) groups excluding carboxylic acids is 1. The zero-order valence-electron chi connectivity index (χ0n) is 15.9. The number of nitrogens with zero attached hydrogens (tertiary/aromatic N) is 4. The Morgan fingerprint density at radius 1 is 1.30 bits per heavy atom. The van der Waals surface area contributed by atoms with Crippen molar-refractivity contribution in [3.8, 4) is 0 Å². The van der Waals surface area contributed by atoms with Gasteiger partial charge in [-0.3, -0.25) is 9.79 Å². The fraction of sp³-hybridized carbons (Fsp3) is 0.444. The van der Waals surface area contributed by atoms with Crippen LogP contribution in [0.15, 0.2) is 34.0 Å². The standard InChI is InChI=1S/C18H26BrN7O/c1-4-16-25-23-12-26(16)10-9-22-18(20-3)21-8-7-17(27)24-15-11-14(19)6-5-13(15)2/h5-6,11-12H,4,7-10H2,1-3H3,(H,24,27)(H2,20,21,22). The number of benzene rings is 1. The van der Waals surface area contributed by atoms with Crippen molar-refractivity contribution in [3.63, 3.8) is 0 Å². The van der Waals surface area contributed by atoms with Crippen LogP contribution in [0.2, 0.25) is 0 Å². The van der Waals surface area contributed by atoms with Crippen LogP contribution in [0.4, 0.5) is 5.69 Å². The Morgan fingerprint density at radius 2 is 2.07 bits per heavy atom. The number of rotatable bonds is 8. The number of halogens is 1. The predicted octanol–water partition coefficient (Wildman–Crippen LogP) is 2.11. The molecule has 1 aromatic carbocycles. The number of hydrogen-bond donors (Lipinski definition) is 3. The maximum absolute atomic E-state index is 12.1. The topological polar surface area (TPSA) is 96.2 Å².